The summed E-state index contributed by atoms with van der Waals surface area (Å²) in [6.07, 6.45) is 2.47. The highest BCUT2D eigenvalue weighted by molar-refractivity contribution is 6.33. The smallest absolute Gasteiger partial charge is 0.163 e. The Balaban J connectivity index is 1.33. The van der Waals surface area contributed by atoms with Crippen LogP contribution < -0.4 is 19.5 Å². The number of fused-ring (bicyclic) bond motifs is 1. The van der Waals surface area contributed by atoms with Crippen LogP contribution in [-0.4, -0.2) is 68.3 Å². The van der Waals surface area contributed by atoms with Gasteiger partial charge in [0.15, 0.2) is 11.5 Å². The molecule has 1 aromatic heterocycles. The van der Waals surface area contributed by atoms with Gasteiger partial charge in [-0.3, -0.25) is 4.98 Å². The minimum Gasteiger partial charge on any atom is -0.493 e. The van der Waals surface area contributed by atoms with Crippen LogP contribution in [0, 0.1) is 11.3 Å². The van der Waals surface area contributed by atoms with Crippen LogP contribution in [0.1, 0.15) is 12.0 Å². The van der Waals surface area contributed by atoms with E-state index in [1.165, 1.54) is 0 Å². The maximum absolute atomic E-state index is 9.83. The number of para-hydroxylation sites is 1. The molecule has 1 N–H and O–H groups in total. The molecule has 1 saturated heterocycles. The number of ether oxygens (including phenoxy) is 3. The molecular weight excluding hydrogens is 526 g/mol. The number of methoxy groups -OCH3 is 1. The lowest BCUT2D eigenvalue weighted by atomic mass is 10.1. The van der Waals surface area contributed by atoms with Gasteiger partial charge in [-0.05, 0) is 43.8 Å². The highest BCUT2D eigenvalue weighted by atomic mass is 35.5. The average molecular weight is 558 g/mol. The van der Waals surface area contributed by atoms with Crippen molar-refractivity contribution in [1.29, 1.82) is 5.26 Å². The molecule has 206 valence electrons. The number of hydrogen-bond acceptors (Lipinski definition) is 8. The molecule has 3 aromatic carbocycles. The number of halogens is 1. The first kappa shape index (κ1) is 27.5. The zero-order valence-electron chi connectivity index (χ0n) is 22.7. The third kappa shape index (κ3) is 6.57. The summed E-state index contributed by atoms with van der Waals surface area (Å²) in [5, 5.41) is 14.3. The van der Waals surface area contributed by atoms with Gasteiger partial charge in [0.25, 0.3) is 0 Å². The highest BCUT2D eigenvalue weighted by Crippen LogP contribution is 2.39. The topological polar surface area (TPSA) is 82.9 Å². The molecular formula is C31H32ClN5O3. The van der Waals surface area contributed by atoms with Gasteiger partial charge >= 0.3 is 0 Å². The minimum atomic E-state index is 0.385. The second kappa shape index (κ2) is 12.9. The molecule has 40 heavy (non-hydrogen) atoms. The van der Waals surface area contributed by atoms with E-state index in [4.69, 9.17) is 25.8 Å². The lowest BCUT2D eigenvalue weighted by Gasteiger charge is -2.32. The zero-order valence-corrected chi connectivity index (χ0v) is 23.4. The third-order valence-electron chi connectivity index (χ3n) is 6.93. The fourth-order valence-corrected chi connectivity index (χ4v) is 4.87. The number of hydrogen-bond donors (Lipinski definition) is 1. The van der Waals surface area contributed by atoms with Gasteiger partial charge in [-0.1, -0.05) is 29.8 Å². The standard InChI is InChI=1S/C31H32ClN5O3/c1-36-12-14-37(15-13-36)11-6-16-39-30-19-28-25(18-29(30)38-2)31(22(20-33)21-34-28)35-27-10-9-24(17-26(27)32)40-23-7-4-3-5-8-23/h3-5,7-10,17-19,21H,6,11-16H2,1-2H3,(H,34,35). The molecule has 2 heterocycles. The maximum Gasteiger partial charge on any atom is 0.163 e. The Morgan fingerprint density at radius 3 is 2.52 bits per heavy atom. The number of likely N-dealkylation sites (N-methyl/N-ethyl adjacent to an activating group) is 1. The van der Waals surface area contributed by atoms with Crippen LogP contribution in [-0.2, 0) is 0 Å². The van der Waals surface area contributed by atoms with E-state index in [0.717, 1.165) is 50.3 Å². The summed E-state index contributed by atoms with van der Waals surface area (Å²) in [4.78, 5) is 9.34. The Morgan fingerprint density at radius 1 is 1.00 bits per heavy atom. The number of nitrogens with one attached hydrogen (secondary N) is 1. The number of nitrogens with zero attached hydrogens (tertiary/aromatic N) is 4. The fourth-order valence-electron chi connectivity index (χ4n) is 4.65. The Labute approximate surface area is 239 Å². The quantitative estimate of drug-likeness (QED) is 0.227. The second-order valence-corrected chi connectivity index (χ2v) is 10.1. The van der Waals surface area contributed by atoms with Gasteiger partial charge in [-0.2, -0.15) is 5.26 Å². The van der Waals surface area contributed by atoms with Crippen molar-refractivity contribution in [2.75, 3.05) is 58.8 Å². The van der Waals surface area contributed by atoms with Crippen molar-refractivity contribution in [2.45, 2.75) is 6.42 Å². The van der Waals surface area contributed by atoms with Gasteiger partial charge in [-0.25, -0.2) is 0 Å². The first-order valence-corrected chi connectivity index (χ1v) is 13.7. The first-order chi connectivity index (χ1) is 19.5. The van der Waals surface area contributed by atoms with Gasteiger partial charge in [0, 0.05) is 56.4 Å². The molecule has 0 atom stereocenters. The number of benzene rings is 3. The zero-order chi connectivity index (χ0) is 27.9. The molecule has 0 radical (unpaired) electrons. The lowest BCUT2D eigenvalue weighted by molar-refractivity contribution is 0.145. The summed E-state index contributed by atoms with van der Waals surface area (Å²) in [6.45, 7) is 5.94. The van der Waals surface area contributed by atoms with Crippen LogP contribution in [0.5, 0.6) is 23.0 Å². The van der Waals surface area contributed by atoms with Crippen LogP contribution >= 0.6 is 11.6 Å². The molecule has 5 rings (SSSR count). The molecule has 0 bridgehead atoms. The van der Waals surface area contributed by atoms with E-state index in [9.17, 15) is 5.26 Å². The van der Waals surface area contributed by atoms with Crippen molar-refractivity contribution in [3.63, 3.8) is 0 Å². The number of piperazine rings is 1. The third-order valence-corrected chi connectivity index (χ3v) is 7.24. The molecule has 0 unspecified atom stereocenters. The Morgan fingerprint density at radius 2 is 1.80 bits per heavy atom. The normalized spacial score (nSPS) is 14.1. The number of aromatic nitrogens is 1. The largest absolute Gasteiger partial charge is 0.493 e. The van der Waals surface area contributed by atoms with E-state index >= 15 is 0 Å². The van der Waals surface area contributed by atoms with E-state index in [1.54, 1.807) is 19.4 Å². The minimum absolute atomic E-state index is 0.385. The molecule has 9 heteroatoms. The van der Waals surface area contributed by atoms with Crippen LogP contribution in [0.3, 0.4) is 0 Å². The highest BCUT2D eigenvalue weighted by Gasteiger charge is 2.17. The van der Waals surface area contributed by atoms with Crippen molar-refractivity contribution < 1.29 is 14.2 Å². The summed E-state index contributed by atoms with van der Waals surface area (Å²) in [5.74, 6) is 2.52. The molecule has 1 aliphatic heterocycles. The van der Waals surface area contributed by atoms with E-state index in [2.05, 4.69) is 33.2 Å². The van der Waals surface area contributed by atoms with Crippen LogP contribution in [0.2, 0.25) is 5.02 Å². The van der Waals surface area contributed by atoms with Crippen LogP contribution in [0.25, 0.3) is 10.9 Å². The molecule has 1 fully saturated rings. The number of anilines is 2. The predicted molar refractivity (Wildman–Crippen MR) is 158 cm³/mol. The summed E-state index contributed by atoms with van der Waals surface area (Å²) in [6, 6.07) is 20.8. The Kier molecular flexibility index (Phi) is 8.87. The maximum atomic E-state index is 9.83. The number of rotatable bonds is 10. The van der Waals surface area contributed by atoms with Crippen molar-refractivity contribution in [2.24, 2.45) is 0 Å². The molecule has 0 aliphatic carbocycles. The summed E-state index contributed by atoms with van der Waals surface area (Å²) in [5.41, 5.74) is 2.29. The fraction of sp³-hybridized carbons (Fsp3) is 0.290. The molecule has 4 aromatic rings. The average Bonchev–Trinajstić information content (AvgIpc) is 2.97. The second-order valence-electron chi connectivity index (χ2n) is 9.71. The van der Waals surface area contributed by atoms with Gasteiger partial charge < -0.3 is 29.3 Å². The molecule has 0 saturated carbocycles. The van der Waals surface area contributed by atoms with Crippen molar-refractivity contribution in [3.8, 4) is 29.1 Å². The lowest BCUT2D eigenvalue weighted by Crippen LogP contribution is -2.44. The predicted octanol–water partition coefficient (Wildman–Crippen LogP) is 6.32. The molecule has 0 amide bonds. The Bertz CT molecular complexity index is 1500. The summed E-state index contributed by atoms with van der Waals surface area (Å²) < 4.78 is 17.7. The van der Waals surface area contributed by atoms with Gasteiger partial charge in [-0.15, -0.1) is 0 Å². The van der Waals surface area contributed by atoms with Crippen molar-refractivity contribution in [1.82, 2.24) is 14.8 Å². The van der Waals surface area contributed by atoms with E-state index < -0.39 is 0 Å². The number of pyridine rings is 1. The van der Waals surface area contributed by atoms with Crippen molar-refractivity contribution in [3.05, 3.63) is 77.4 Å². The van der Waals surface area contributed by atoms with Gasteiger partial charge in [0.1, 0.15) is 17.6 Å². The molecule has 8 nitrogen and oxygen atoms in total. The molecule has 0 spiro atoms. The summed E-state index contributed by atoms with van der Waals surface area (Å²) >= 11 is 6.62. The molecule has 1 aliphatic rings. The van der Waals surface area contributed by atoms with E-state index in [1.807, 2.05) is 54.6 Å². The first-order valence-electron chi connectivity index (χ1n) is 13.3. The SMILES string of the molecule is COc1cc2c(Nc3ccc(Oc4ccccc4)cc3Cl)c(C#N)cnc2cc1OCCCN1CCN(C)CC1. The van der Waals surface area contributed by atoms with Gasteiger partial charge in [0.05, 0.1) is 41.2 Å². The number of nitriles is 1. The monoisotopic (exact) mass is 557 g/mol. The Hall–Kier alpha value is -4.03. The van der Waals surface area contributed by atoms with Crippen LogP contribution in [0.15, 0.2) is 66.9 Å². The summed E-state index contributed by atoms with van der Waals surface area (Å²) in [7, 11) is 3.77. The van der Waals surface area contributed by atoms with Gasteiger partial charge in [0.2, 0.25) is 0 Å². The van der Waals surface area contributed by atoms with E-state index in [-0.39, 0.29) is 0 Å². The van der Waals surface area contributed by atoms with E-state index in [0.29, 0.717) is 51.3 Å². The van der Waals surface area contributed by atoms with Crippen LogP contribution in [0.4, 0.5) is 11.4 Å². The van der Waals surface area contributed by atoms with Crippen molar-refractivity contribution >= 4 is 33.9 Å².